The highest BCUT2D eigenvalue weighted by molar-refractivity contribution is 8.20. The fraction of sp³-hybridized carbons (Fsp3) is 0.357. The number of benzene rings is 1. The van der Waals surface area contributed by atoms with Gasteiger partial charge in [0.05, 0.1) is 0 Å². The second-order valence-electron chi connectivity index (χ2n) is 4.81. The number of carbonyl (C=O) groups excluding carboxylic acids is 1. The van der Waals surface area contributed by atoms with E-state index in [0.29, 0.717) is 11.5 Å². The summed E-state index contributed by atoms with van der Waals surface area (Å²) in [6.45, 7) is 4.91. The smallest absolute Gasteiger partial charge is 0.276 e. The van der Waals surface area contributed by atoms with E-state index in [0.717, 1.165) is 0 Å². The normalized spacial score (nSPS) is 23.0. The summed E-state index contributed by atoms with van der Waals surface area (Å²) in [5.74, 6) is 0.412. The van der Waals surface area contributed by atoms with Gasteiger partial charge in [0, 0.05) is 11.0 Å². The molecule has 1 aromatic rings. The van der Waals surface area contributed by atoms with Crippen LogP contribution >= 0.6 is 23.5 Å². The number of hydrogen-bond acceptors (Lipinski definition) is 6. The first-order chi connectivity index (χ1) is 10.3. The zero-order chi connectivity index (χ0) is 16.3. The Balaban J connectivity index is 2.09. The Morgan fingerprint density at radius 1 is 1.41 bits per heavy atom. The molecule has 0 saturated carbocycles. The van der Waals surface area contributed by atoms with Gasteiger partial charge in [0.15, 0.2) is 15.8 Å². The first-order valence-corrected chi connectivity index (χ1v) is 9.93. The Hall–Kier alpha value is -0.960. The van der Waals surface area contributed by atoms with Crippen LogP contribution in [0.2, 0.25) is 0 Å². The molecule has 1 fully saturated rings. The second-order valence-corrected chi connectivity index (χ2v) is 9.04. The summed E-state index contributed by atoms with van der Waals surface area (Å²) in [5.41, 5.74) is 0.112. The highest BCUT2D eigenvalue weighted by Gasteiger charge is 2.44. The zero-order valence-corrected chi connectivity index (χ0v) is 14.3. The molecule has 1 aliphatic heterocycles. The summed E-state index contributed by atoms with van der Waals surface area (Å²) in [6.07, 6.45) is 0. The number of Topliss-reactive ketones (excluding diaryl/α,β-unsaturated/α-hetero) is 1. The van der Waals surface area contributed by atoms with Gasteiger partial charge in [-0.25, -0.2) is 0 Å². The van der Waals surface area contributed by atoms with Crippen molar-refractivity contribution in [2.75, 3.05) is 5.75 Å². The molecule has 1 N–H and O–H groups in total. The van der Waals surface area contributed by atoms with Crippen LogP contribution in [-0.2, 0) is 14.9 Å². The highest BCUT2D eigenvalue weighted by atomic mass is 32.2. The van der Waals surface area contributed by atoms with Gasteiger partial charge in [0.1, 0.15) is 5.75 Å². The third kappa shape index (κ3) is 4.28. The monoisotopic (exact) mass is 360 g/mol. The van der Waals surface area contributed by atoms with Gasteiger partial charge >= 0.3 is 0 Å². The van der Waals surface area contributed by atoms with Crippen LogP contribution in [0.1, 0.15) is 6.92 Å². The molecule has 0 bridgehead atoms. The van der Waals surface area contributed by atoms with Crippen LogP contribution in [0.4, 0.5) is 0 Å². The number of carbonyl (C=O) groups is 1. The van der Waals surface area contributed by atoms with Crippen LogP contribution in [-0.4, -0.2) is 39.8 Å². The number of hydrogen-bond donors (Lipinski definition) is 1. The third-order valence-electron chi connectivity index (χ3n) is 3.00. The molecular weight excluding hydrogens is 344 g/mol. The minimum Gasteiger partial charge on any atom is -0.470 e. The molecule has 2 rings (SSSR count). The molecule has 0 aromatic heterocycles. The maximum Gasteiger partial charge on any atom is 0.276 e. The van der Waals surface area contributed by atoms with E-state index < -0.39 is 26.4 Å². The minimum absolute atomic E-state index is 0.112. The van der Waals surface area contributed by atoms with E-state index in [4.69, 9.17) is 4.74 Å². The van der Waals surface area contributed by atoms with Crippen molar-refractivity contribution in [1.82, 2.24) is 0 Å². The molecule has 0 radical (unpaired) electrons. The fourth-order valence-electron chi connectivity index (χ4n) is 1.96. The minimum atomic E-state index is -4.49. The predicted octanol–water partition coefficient (Wildman–Crippen LogP) is 2.60. The molecule has 120 valence electrons. The predicted molar refractivity (Wildman–Crippen MR) is 89.9 cm³/mol. The Bertz CT molecular complexity index is 656. The lowest BCUT2D eigenvalue weighted by Crippen LogP contribution is -2.39. The number of allylic oxidation sites excluding steroid dienone is 1. The Kier molecular flexibility index (Phi) is 5.60. The molecule has 0 aliphatic carbocycles. The largest absolute Gasteiger partial charge is 0.470 e. The third-order valence-corrected chi connectivity index (χ3v) is 7.33. The molecule has 1 heterocycles. The van der Waals surface area contributed by atoms with E-state index in [-0.39, 0.29) is 10.3 Å². The lowest BCUT2D eigenvalue weighted by molar-refractivity contribution is -0.115. The van der Waals surface area contributed by atoms with Gasteiger partial charge in [-0.1, -0.05) is 24.8 Å². The Morgan fingerprint density at radius 3 is 2.59 bits per heavy atom. The summed E-state index contributed by atoms with van der Waals surface area (Å²) in [6, 6.07) is 9.14. The summed E-state index contributed by atoms with van der Waals surface area (Å²) in [5, 5.41) is -2.07. The Labute approximate surface area is 138 Å². The number of thioether (sulfide) groups is 2. The van der Waals surface area contributed by atoms with E-state index >= 15 is 0 Å². The summed E-state index contributed by atoms with van der Waals surface area (Å²) in [7, 11) is -4.49. The van der Waals surface area contributed by atoms with Crippen molar-refractivity contribution in [3.8, 4) is 5.75 Å². The molecular formula is C14H16O5S3. The van der Waals surface area contributed by atoms with Crippen LogP contribution in [0, 0.1) is 0 Å². The second kappa shape index (κ2) is 7.08. The molecule has 1 aromatic carbocycles. The SMILES string of the molecule is C=C(C)C(=O)C(C1CSC(Oc2ccccc2)S1)S(=O)(=O)O. The molecule has 1 saturated heterocycles. The molecule has 22 heavy (non-hydrogen) atoms. The van der Waals surface area contributed by atoms with Gasteiger partial charge in [0.2, 0.25) is 0 Å². The van der Waals surface area contributed by atoms with Crippen molar-refractivity contribution in [3.63, 3.8) is 0 Å². The number of para-hydroxylation sites is 1. The van der Waals surface area contributed by atoms with Gasteiger partial charge in [-0.2, -0.15) is 8.42 Å². The maximum atomic E-state index is 12.0. The first kappa shape index (κ1) is 17.4. The van der Waals surface area contributed by atoms with Gasteiger partial charge in [-0.05, 0) is 24.6 Å². The topological polar surface area (TPSA) is 80.7 Å². The average Bonchev–Trinajstić information content (AvgIpc) is 2.86. The van der Waals surface area contributed by atoms with Crippen molar-refractivity contribution < 1.29 is 22.5 Å². The number of rotatable bonds is 6. The maximum absolute atomic E-state index is 12.0. The fourth-order valence-corrected chi connectivity index (χ4v) is 6.62. The van der Waals surface area contributed by atoms with Crippen LogP contribution in [0.15, 0.2) is 42.5 Å². The van der Waals surface area contributed by atoms with E-state index in [9.17, 15) is 17.8 Å². The molecule has 0 amide bonds. The van der Waals surface area contributed by atoms with Crippen LogP contribution in [0.3, 0.4) is 0 Å². The van der Waals surface area contributed by atoms with Crippen molar-refractivity contribution in [2.45, 2.75) is 22.2 Å². The van der Waals surface area contributed by atoms with E-state index in [1.807, 2.05) is 18.2 Å². The number of ketones is 1. The molecule has 8 heteroatoms. The van der Waals surface area contributed by atoms with Gasteiger partial charge < -0.3 is 4.74 Å². The van der Waals surface area contributed by atoms with Crippen molar-refractivity contribution in [3.05, 3.63) is 42.5 Å². The van der Waals surface area contributed by atoms with Crippen LogP contribution in [0.25, 0.3) is 0 Å². The summed E-state index contributed by atoms with van der Waals surface area (Å²) in [4.78, 5) is 12.0. The lowest BCUT2D eigenvalue weighted by Gasteiger charge is -2.19. The molecule has 1 aliphatic rings. The summed E-state index contributed by atoms with van der Waals surface area (Å²) < 4.78 is 37.9. The lowest BCUT2D eigenvalue weighted by atomic mass is 10.1. The van der Waals surface area contributed by atoms with Crippen molar-refractivity contribution in [2.24, 2.45) is 0 Å². The van der Waals surface area contributed by atoms with Crippen molar-refractivity contribution >= 4 is 39.4 Å². The molecule has 3 atom stereocenters. The van der Waals surface area contributed by atoms with Gasteiger partial charge in [-0.3, -0.25) is 9.35 Å². The van der Waals surface area contributed by atoms with E-state index in [1.54, 1.807) is 12.1 Å². The van der Waals surface area contributed by atoms with Crippen LogP contribution < -0.4 is 4.74 Å². The zero-order valence-electron chi connectivity index (χ0n) is 11.8. The Morgan fingerprint density at radius 2 is 2.05 bits per heavy atom. The first-order valence-electron chi connectivity index (χ1n) is 6.44. The summed E-state index contributed by atoms with van der Waals surface area (Å²) >= 11 is 2.63. The number of ether oxygens (including phenoxy) is 1. The van der Waals surface area contributed by atoms with Crippen molar-refractivity contribution in [1.29, 1.82) is 0 Å². The standard InChI is InChI=1S/C14H16O5S3/c1-9(2)12(15)13(22(16,17)18)11-8-20-14(21-11)19-10-6-4-3-5-7-10/h3-7,11,13-14H,1,8H2,2H3,(H,16,17,18). The van der Waals surface area contributed by atoms with Gasteiger partial charge in [-0.15, -0.1) is 23.5 Å². The molecule has 5 nitrogen and oxygen atoms in total. The van der Waals surface area contributed by atoms with Gasteiger partial charge in [0.25, 0.3) is 10.1 Å². The highest BCUT2D eigenvalue weighted by Crippen LogP contribution is 2.42. The average molecular weight is 360 g/mol. The molecule has 3 unspecified atom stereocenters. The van der Waals surface area contributed by atoms with E-state index in [2.05, 4.69) is 6.58 Å². The van der Waals surface area contributed by atoms with Crippen LogP contribution in [0.5, 0.6) is 5.75 Å². The quantitative estimate of drug-likeness (QED) is 0.617. The molecule has 0 spiro atoms. The van der Waals surface area contributed by atoms with E-state index in [1.165, 1.54) is 30.4 Å².